The molecule has 1 aliphatic rings. The van der Waals surface area contributed by atoms with E-state index in [9.17, 15) is 13.4 Å². The molecule has 0 spiro atoms. The Hall–Kier alpha value is -2.96. The zero-order valence-corrected chi connectivity index (χ0v) is 17.4. The molecule has 2 heterocycles. The molecule has 29 heavy (non-hydrogen) atoms. The highest BCUT2D eigenvalue weighted by Gasteiger charge is 2.29. The summed E-state index contributed by atoms with van der Waals surface area (Å²) in [6.07, 6.45) is 5.29. The zero-order valence-electron chi connectivity index (χ0n) is 16.6. The summed E-state index contributed by atoms with van der Waals surface area (Å²) in [5.74, 6) is -0.946. The van der Waals surface area contributed by atoms with Crippen LogP contribution in [-0.2, 0) is 17.0 Å². The van der Waals surface area contributed by atoms with Gasteiger partial charge in [0.2, 0.25) is 0 Å². The number of carbonyl (C=O) groups excluding carboxylic acids is 1. The number of fused-ring (bicyclic) bond motifs is 1. The molecule has 9 heteroatoms. The molecule has 1 amide bonds. The first-order valence-electron chi connectivity index (χ1n) is 9.01. The SMILES string of the molecule is CN=S1(=O)NC(C(C)C)C=Cc2c1cn(C)c2C(=O)Nc1ccc(F)c(C#N)c1. The highest BCUT2D eigenvalue weighted by Crippen LogP contribution is 2.29. The number of halogens is 1. The molecule has 2 atom stereocenters. The zero-order chi connectivity index (χ0) is 21.3. The van der Waals surface area contributed by atoms with Gasteiger partial charge in [-0.15, -0.1) is 0 Å². The second-order valence-corrected chi connectivity index (χ2v) is 9.17. The lowest BCUT2D eigenvalue weighted by molar-refractivity contribution is 0.101. The molecule has 0 radical (unpaired) electrons. The van der Waals surface area contributed by atoms with Crippen LogP contribution in [-0.4, -0.2) is 27.8 Å². The highest BCUT2D eigenvalue weighted by atomic mass is 32.2. The molecule has 0 fully saturated rings. The van der Waals surface area contributed by atoms with Crippen LogP contribution >= 0.6 is 0 Å². The van der Waals surface area contributed by atoms with Crippen LogP contribution in [0, 0.1) is 23.1 Å². The molecule has 2 aromatic rings. The Balaban J connectivity index is 2.07. The van der Waals surface area contributed by atoms with Gasteiger partial charge in [0.05, 0.1) is 10.5 Å². The molecular formula is C20H22FN5O2S. The van der Waals surface area contributed by atoms with Gasteiger partial charge in [0, 0.05) is 37.6 Å². The van der Waals surface area contributed by atoms with Crippen molar-refractivity contribution in [3.05, 3.63) is 53.1 Å². The van der Waals surface area contributed by atoms with E-state index < -0.39 is 21.6 Å². The summed E-state index contributed by atoms with van der Waals surface area (Å²) >= 11 is 0. The van der Waals surface area contributed by atoms with Crippen molar-refractivity contribution in [3.8, 4) is 6.07 Å². The molecule has 2 N–H and O–H groups in total. The molecule has 152 valence electrons. The number of carbonyl (C=O) groups is 1. The van der Waals surface area contributed by atoms with Crippen LogP contribution in [0.3, 0.4) is 0 Å². The van der Waals surface area contributed by atoms with E-state index in [0.717, 1.165) is 6.07 Å². The maximum atomic E-state index is 13.5. The van der Waals surface area contributed by atoms with E-state index in [2.05, 4.69) is 14.4 Å². The summed E-state index contributed by atoms with van der Waals surface area (Å²) in [5, 5.41) is 11.7. The number of benzene rings is 1. The first-order chi connectivity index (χ1) is 13.7. The summed E-state index contributed by atoms with van der Waals surface area (Å²) in [6.45, 7) is 4.00. The van der Waals surface area contributed by atoms with Crippen molar-refractivity contribution in [2.24, 2.45) is 17.3 Å². The summed E-state index contributed by atoms with van der Waals surface area (Å²) < 4.78 is 35.8. The van der Waals surface area contributed by atoms with Crippen molar-refractivity contribution in [2.45, 2.75) is 24.8 Å². The van der Waals surface area contributed by atoms with Gasteiger partial charge in [-0.3, -0.25) is 4.79 Å². The van der Waals surface area contributed by atoms with Crippen LogP contribution in [0.4, 0.5) is 10.1 Å². The Morgan fingerprint density at radius 3 is 2.79 bits per heavy atom. The molecular weight excluding hydrogens is 393 g/mol. The minimum absolute atomic E-state index is 0.162. The largest absolute Gasteiger partial charge is 0.345 e. The second-order valence-electron chi connectivity index (χ2n) is 7.08. The lowest BCUT2D eigenvalue weighted by atomic mass is 10.0. The number of aryl methyl sites for hydroxylation is 1. The Kier molecular flexibility index (Phi) is 5.59. The number of hydrogen-bond donors (Lipinski definition) is 2. The second kappa shape index (κ2) is 7.81. The van der Waals surface area contributed by atoms with Gasteiger partial charge in [0.1, 0.15) is 27.5 Å². The molecule has 2 unspecified atom stereocenters. The predicted molar refractivity (Wildman–Crippen MR) is 110 cm³/mol. The van der Waals surface area contributed by atoms with Crippen molar-refractivity contribution in [1.82, 2.24) is 9.29 Å². The topological polar surface area (TPSA) is 99.3 Å². The lowest BCUT2D eigenvalue weighted by Crippen LogP contribution is -2.36. The van der Waals surface area contributed by atoms with Crippen molar-refractivity contribution in [1.29, 1.82) is 5.26 Å². The molecule has 0 saturated carbocycles. The lowest BCUT2D eigenvalue weighted by Gasteiger charge is -2.19. The van der Waals surface area contributed by atoms with E-state index >= 15 is 0 Å². The number of anilines is 1. The van der Waals surface area contributed by atoms with Crippen LogP contribution in [0.5, 0.6) is 0 Å². The third-order valence-electron chi connectivity index (χ3n) is 4.78. The number of amides is 1. The summed E-state index contributed by atoms with van der Waals surface area (Å²) in [7, 11) is 0.238. The van der Waals surface area contributed by atoms with Gasteiger partial charge in [0.15, 0.2) is 0 Å². The Labute approximate surface area is 169 Å². The Bertz CT molecular complexity index is 1170. The van der Waals surface area contributed by atoms with E-state index in [0.29, 0.717) is 21.8 Å². The van der Waals surface area contributed by atoms with E-state index in [1.807, 2.05) is 19.9 Å². The van der Waals surface area contributed by atoms with Gasteiger partial charge in [0.25, 0.3) is 5.91 Å². The molecule has 0 bridgehead atoms. The number of nitrogens with zero attached hydrogens (tertiary/aromatic N) is 3. The van der Waals surface area contributed by atoms with Gasteiger partial charge in [-0.05, 0) is 24.1 Å². The maximum Gasteiger partial charge on any atom is 0.272 e. The average molecular weight is 415 g/mol. The van der Waals surface area contributed by atoms with Crippen molar-refractivity contribution < 1.29 is 13.4 Å². The number of nitrogens with one attached hydrogen (secondary N) is 2. The molecule has 1 aromatic carbocycles. The third kappa shape index (κ3) is 3.81. The van der Waals surface area contributed by atoms with Gasteiger partial charge in [-0.25, -0.2) is 17.7 Å². The van der Waals surface area contributed by atoms with E-state index in [1.165, 1.54) is 19.2 Å². The van der Waals surface area contributed by atoms with Crippen LogP contribution in [0.1, 0.15) is 35.5 Å². The van der Waals surface area contributed by atoms with E-state index in [-0.39, 0.29) is 17.5 Å². The van der Waals surface area contributed by atoms with E-state index in [4.69, 9.17) is 5.26 Å². The smallest absolute Gasteiger partial charge is 0.272 e. The summed E-state index contributed by atoms with van der Waals surface area (Å²) in [6, 6.07) is 5.35. The quantitative estimate of drug-likeness (QED) is 0.804. The van der Waals surface area contributed by atoms with Gasteiger partial charge in [-0.2, -0.15) is 5.26 Å². The number of aromatic nitrogens is 1. The molecule has 1 aromatic heterocycles. The van der Waals surface area contributed by atoms with E-state index in [1.54, 1.807) is 30.0 Å². The van der Waals surface area contributed by atoms with Crippen molar-refractivity contribution in [2.75, 3.05) is 12.4 Å². The molecule has 0 aliphatic carbocycles. The van der Waals surface area contributed by atoms with Crippen molar-refractivity contribution >= 4 is 27.6 Å². The van der Waals surface area contributed by atoms with Gasteiger partial charge >= 0.3 is 0 Å². The number of hydrogen-bond acceptors (Lipinski definition) is 4. The van der Waals surface area contributed by atoms with Crippen LogP contribution in [0.15, 0.2) is 39.7 Å². The minimum Gasteiger partial charge on any atom is -0.345 e. The maximum absolute atomic E-state index is 13.5. The standard InChI is InChI=1S/C20H22FN5O2S/c1-12(2)17-8-6-15-18(29(28,23-3)25-17)11-26(4)19(15)20(27)24-14-5-7-16(21)13(9-14)10-22/h5-9,11-12,17H,1-4H3,(H,24,27)(H,23,25,28). The average Bonchev–Trinajstić information content (AvgIpc) is 2.95. The van der Waals surface area contributed by atoms with Gasteiger partial charge in [-0.1, -0.05) is 26.0 Å². The number of rotatable bonds is 3. The Morgan fingerprint density at radius 2 is 2.17 bits per heavy atom. The van der Waals surface area contributed by atoms with Crippen LogP contribution < -0.4 is 10.0 Å². The molecule has 3 rings (SSSR count). The molecule has 0 saturated heterocycles. The predicted octanol–water partition coefficient (Wildman–Crippen LogP) is 3.30. The number of nitriles is 1. The van der Waals surface area contributed by atoms with Crippen LogP contribution in [0.2, 0.25) is 0 Å². The Morgan fingerprint density at radius 1 is 1.45 bits per heavy atom. The minimum atomic E-state index is -2.92. The normalized spacial score (nSPS) is 20.7. The molecule has 1 aliphatic heterocycles. The van der Waals surface area contributed by atoms with Crippen LogP contribution in [0.25, 0.3) is 6.08 Å². The fourth-order valence-corrected chi connectivity index (χ4v) is 5.07. The fraction of sp³-hybridized carbons (Fsp3) is 0.300. The van der Waals surface area contributed by atoms with Crippen molar-refractivity contribution in [3.63, 3.8) is 0 Å². The first-order valence-corrected chi connectivity index (χ1v) is 10.5. The highest BCUT2D eigenvalue weighted by molar-refractivity contribution is 7.91. The molecule has 7 nitrogen and oxygen atoms in total. The fourth-order valence-electron chi connectivity index (χ4n) is 3.16. The summed E-state index contributed by atoms with van der Waals surface area (Å²) in [5.41, 5.74) is 0.935. The summed E-state index contributed by atoms with van der Waals surface area (Å²) in [4.78, 5) is 13.4. The monoisotopic (exact) mass is 415 g/mol. The first kappa shape index (κ1) is 20.8. The van der Waals surface area contributed by atoms with Gasteiger partial charge < -0.3 is 9.88 Å². The third-order valence-corrected chi connectivity index (χ3v) is 6.81.